The lowest BCUT2D eigenvalue weighted by Crippen LogP contribution is -2.24. The van der Waals surface area contributed by atoms with Crippen LogP contribution in [-0.2, 0) is 6.54 Å². The molecule has 150 valence electrons. The van der Waals surface area contributed by atoms with Crippen LogP contribution in [0.5, 0.6) is 0 Å². The van der Waals surface area contributed by atoms with E-state index in [2.05, 4.69) is 25.6 Å². The molecule has 0 saturated carbocycles. The van der Waals surface area contributed by atoms with Gasteiger partial charge in [0.25, 0.3) is 0 Å². The zero-order chi connectivity index (χ0) is 20.3. The van der Waals surface area contributed by atoms with Crippen molar-refractivity contribution in [2.45, 2.75) is 45.8 Å². The Morgan fingerprint density at radius 1 is 1.21 bits per heavy atom. The molecule has 1 atom stereocenters. The summed E-state index contributed by atoms with van der Waals surface area (Å²) in [5.74, 6) is -0.274. The second-order valence-electron chi connectivity index (χ2n) is 6.83. The number of nitrogens with one attached hydrogen (secondary N) is 2. The molecule has 1 unspecified atom stereocenters. The Labute approximate surface area is 161 Å². The molecule has 0 bridgehead atoms. The maximum Gasteiger partial charge on any atom is 0.227 e. The number of nitrogens with zero attached hydrogens (tertiary/aromatic N) is 4. The predicted molar refractivity (Wildman–Crippen MR) is 104 cm³/mol. The third-order valence-electron chi connectivity index (χ3n) is 4.48. The Hall–Kier alpha value is -2.81. The fourth-order valence-electron chi connectivity index (χ4n) is 2.80. The number of aromatic nitrogens is 4. The zero-order valence-corrected chi connectivity index (χ0v) is 16.1. The van der Waals surface area contributed by atoms with Crippen molar-refractivity contribution in [3.63, 3.8) is 0 Å². The van der Waals surface area contributed by atoms with Gasteiger partial charge in [-0.2, -0.15) is 9.97 Å². The molecule has 0 aliphatic rings. The van der Waals surface area contributed by atoms with Crippen LogP contribution in [0, 0.1) is 11.6 Å². The minimum atomic E-state index is -0.508. The molecule has 0 amide bonds. The molecule has 3 N–H and O–H groups in total. The Morgan fingerprint density at radius 2 is 2.00 bits per heavy atom. The normalized spacial score (nSPS) is 12.5. The fraction of sp³-hybridized carbons (Fsp3) is 0.421. The number of hydrogen-bond donors (Lipinski definition) is 3. The van der Waals surface area contributed by atoms with Crippen LogP contribution in [0.15, 0.2) is 24.5 Å². The summed E-state index contributed by atoms with van der Waals surface area (Å²) in [7, 11) is 0. The fourth-order valence-corrected chi connectivity index (χ4v) is 2.80. The van der Waals surface area contributed by atoms with Crippen LogP contribution in [0.25, 0.3) is 11.2 Å². The first kappa shape index (κ1) is 19.9. The average Bonchev–Trinajstić information content (AvgIpc) is 3.11. The summed E-state index contributed by atoms with van der Waals surface area (Å²) < 4.78 is 29.3. The van der Waals surface area contributed by atoms with Crippen molar-refractivity contribution in [3.05, 3.63) is 41.7 Å². The molecule has 0 saturated heterocycles. The third kappa shape index (κ3) is 4.19. The molecule has 0 fully saturated rings. The first-order valence-electron chi connectivity index (χ1n) is 9.22. The SMILES string of the molecule is CCC(CO)Nc1nc(NCc2cc(F)ccc2F)c2ncn(C(C)C)c2n1. The van der Waals surface area contributed by atoms with E-state index in [0.29, 0.717) is 29.4 Å². The topological polar surface area (TPSA) is 87.9 Å². The van der Waals surface area contributed by atoms with Gasteiger partial charge >= 0.3 is 0 Å². The Balaban J connectivity index is 1.98. The number of hydrogen-bond acceptors (Lipinski definition) is 6. The Morgan fingerprint density at radius 3 is 2.68 bits per heavy atom. The highest BCUT2D eigenvalue weighted by atomic mass is 19.1. The Bertz CT molecular complexity index is 955. The molecule has 9 heteroatoms. The maximum absolute atomic E-state index is 13.9. The second kappa shape index (κ2) is 8.47. The highest BCUT2D eigenvalue weighted by molar-refractivity contribution is 5.84. The molecule has 7 nitrogen and oxygen atoms in total. The second-order valence-corrected chi connectivity index (χ2v) is 6.83. The standard InChI is InChI=1S/C19H24F2N6O/c1-4-14(9-28)24-19-25-17(16-18(26-19)27(10-23-16)11(2)3)22-8-12-7-13(20)5-6-15(12)21/h5-7,10-11,14,28H,4,8-9H2,1-3H3,(H2,22,24,25,26). The van der Waals surface area contributed by atoms with Crippen LogP contribution in [0.2, 0.25) is 0 Å². The van der Waals surface area contributed by atoms with Crippen LogP contribution in [0.3, 0.4) is 0 Å². The molecule has 2 aromatic heterocycles. The lowest BCUT2D eigenvalue weighted by Gasteiger charge is -2.16. The summed E-state index contributed by atoms with van der Waals surface area (Å²) in [6.07, 6.45) is 2.36. The minimum absolute atomic E-state index is 0.0426. The predicted octanol–water partition coefficient (Wildman–Crippen LogP) is 3.48. The quantitative estimate of drug-likeness (QED) is 0.546. The van der Waals surface area contributed by atoms with Crippen LogP contribution in [0.4, 0.5) is 20.5 Å². The third-order valence-corrected chi connectivity index (χ3v) is 4.48. The monoisotopic (exact) mass is 390 g/mol. The van der Waals surface area contributed by atoms with Crippen LogP contribution in [0.1, 0.15) is 38.8 Å². The number of imidazole rings is 1. The lowest BCUT2D eigenvalue weighted by molar-refractivity contribution is 0.271. The van der Waals surface area contributed by atoms with Gasteiger partial charge in [0.05, 0.1) is 19.0 Å². The van der Waals surface area contributed by atoms with Crippen molar-refractivity contribution >= 4 is 22.9 Å². The van der Waals surface area contributed by atoms with Crippen molar-refractivity contribution in [2.24, 2.45) is 0 Å². The smallest absolute Gasteiger partial charge is 0.227 e. The number of aliphatic hydroxyl groups is 1. The molecule has 0 aliphatic heterocycles. The molecule has 28 heavy (non-hydrogen) atoms. The van der Waals surface area contributed by atoms with E-state index in [0.717, 1.165) is 18.2 Å². The van der Waals surface area contributed by atoms with Crippen molar-refractivity contribution in [3.8, 4) is 0 Å². The molecule has 3 rings (SSSR count). The van der Waals surface area contributed by atoms with E-state index in [1.807, 2.05) is 25.3 Å². The summed E-state index contributed by atoms with van der Waals surface area (Å²) in [5, 5.41) is 15.6. The van der Waals surface area contributed by atoms with Gasteiger partial charge in [0.15, 0.2) is 17.0 Å². The van der Waals surface area contributed by atoms with Gasteiger partial charge in [-0.3, -0.25) is 0 Å². The van der Waals surface area contributed by atoms with Crippen molar-refractivity contribution in [1.82, 2.24) is 19.5 Å². The van der Waals surface area contributed by atoms with E-state index in [1.54, 1.807) is 6.33 Å². The molecule has 0 radical (unpaired) electrons. The molecular formula is C19H24F2N6O. The molecule has 2 heterocycles. The highest BCUT2D eigenvalue weighted by Gasteiger charge is 2.17. The number of benzene rings is 1. The lowest BCUT2D eigenvalue weighted by atomic mass is 10.2. The van der Waals surface area contributed by atoms with Crippen LogP contribution < -0.4 is 10.6 Å². The zero-order valence-electron chi connectivity index (χ0n) is 16.1. The number of rotatable bonds is 8. The number of anilines is 2. The van der Waals surface area contributed by atoms with Gasteiger partial charge in [-0.1, -0.05) is 6.92 Å². The summed E-state index contributed by atoms with van der Waals surface area (Å²) in [6, 6.07) is 3.25. The van der Waals surface area contributed by atoms with E-state index in [4.69, 9.17) is 0 Å². The van der Waals surface area contributed by atoms with E-state index in [9.17, 15) is 13.9 Å². The van der Waals surface area contributed by atoms with Crippen LogP contribution >= 0.6 is 0 Å². The Kier molecular flexibility index (Phi) is 6.03. The van der Waals surface area contributed by atoms with Crippen LogP contribution in [-0.4, -0.2) is 37.3 Å². The molecule has 0 spiro atoms. The van der Waals surface area contributed by atoms with Gasteiger partial charge < -0.3 is 20.3 Å². The molecule has 3 aromatic rings. The molecule has 1 aromatic carbocycles. The number of halogens is 2. The van der Waals surface area contributed by atoms with Gasteiger partial charge in [0.1, 0.15) is 11.6 Å². The largest absolute Gasteiger partial charge is 0.394 e. The highest BCUT2D eigenvalue weighted by Crippen LogP contribution is 2.24. The maximum atomic E-state index is 13.9. The summed E-state index contributed by atoms with van der Waals surface area (Å²) in [5.41, 5.74) is 1.34. The van der Waals surface area contributed by atoms with Gasteiger partial charge in [0.2, 0.25) is 5.95 Å². The molecular weight excluding hydrogens is 366 g/mol. The first-order chi connectivity index (χ1) is 13.4. The number of aliphatic hydroxyl groups excluding tert-OH is 1. The van der Waals surface area contributed by atoms with E-state index < -0.39 is 11.6 Å². The number of fused-ring (bicyclic) bond motifs is 1. The summed E-state index contributed by atoms with van der Waals surface area (Å²) in [4.78, 5) is 13.4. The average molecular weight is 390 g/mol. The molecule has 0 aliphatic carbocycles. The van der Waals surface area contributed by atoms with E-state index >= 15 is 0 Å². The summed E-state index contributed by atoms with van der Waals surface area (Å²) in [6.45, 7) is 5.94. The van der Waals surface area contributed by atoms with Crippen molar-refractivity contribution in [1.29, 1.82) is 0 Å². The minimum Gasteiger partial charge on any atom is -0.394 e. The van der Waals surface area contributed by atoms with Crippen molar-refractivity contribution < 1.29 is 13.9 Å². The summed E-state index contributed by atoms with van der Waals surface area (Å²) >= 11 is 0. The first-order valence-corrected chi connectivity index (χ1v) is 9.22. The van der Waals surface area contributed by atoms with Gasteiger partial charge in [-0.05, 0) is 38.5 Å². The van der Waals surface area contributed by atoms with Crippen molar-refractivity contribution in [2.75, 3.05) is 17.2 Å². The van der Waals surface area contributed by atoms with Gasteiger partial charge in [-0.15, -0.1) is 0 Å². The van der Waals surface area contributed by atoms with E-state index in [1.165, 1.54) is 0 Å². The van der Waals surface area contributed by atoms with Gasteiger partial charge in [0, 0.05) is 18.2 Å². The van der Waals surface area contributed by atoms with Gasteiger partial charge in [-0.25, -0.2) is 13.8 Å². The van der Waals surface area contributed by atoms with E-state index in [-0.39, 0.29) is 30.8 Å².